The predicted molar refractivity (Wildman–Crippen MR) is 61.9 cm³/mol. The van der Waals surface area contributed by atoms with Crippen molar-refractivity contribution >= 4 is 21.4 Å². The zero-order valence-corrected chi connectivity index (χ0v) is 10.2. The molecular formula is C10H12F2N2O3S. The topological polar surface area (TPSA) is 89.3 Å². The van der Waals surface area contributed by atoms with Gasteiger partial charge in [-0.25, -0.2) is 8.42 Å². The van der Waals surface area contributed by atoms with Crippen molar-refractivity contribution in [2.75, 3.05) is 5.32 Å². The fraction of sp³-hybridized carbons (Fsp3) is 0.300. The lowest BCUT2D eigenvalue weighted by atomic mass is 10.3. The van der Waals surface area contributed by atoms with Crippen LogP contribution in [-0.2, 0) is 14.6 Å². The van der Waals surface area contributed by atoms with Gasteiger partial charge in [0.15, 0.2) is 0 Å². The third kappa shape index (κ3) is 3.23. The Hall–Kier alpha value is -1.54. The molecule has 1 amide bonds. The first-order valence-corrected chi connectivity index (χ1v) is 6.48. The molecule has 0 radical (unpaired) electrons. The largest absolute Gasteiger partial charge is 0.341 e. The Morgan fingerprint density at radius 3 is 2.17 bits per heavy atom. The second kappa shape index (κ2) is 5.40. The van der Waals surface area contributed by atoms with Gasteiger partial charge in [-0.3, -0.25) is 4.79 Å². The number of nitrogens with one attached hydrogen (secondary N) is 1. The Morgan fingerprint density at radius 1 is 1.28 bits per heavy atom. The summed E-state index contributed by atoms with van der Waals surface area (Å²) in [5, 5.41) is 2.40. The van der Waals surface area contributed by atoms with Crippen molar-refractivity contribution in [2.45, 2.75) is 23.6 Å². The maximum absolute atomic E-state index is 12.2. The van der Waals surface area contributed by atoms with E-state index in [2.05, 4.69) is 5.32 Å². The number of amides is 1. The lowest BCUT2D eigenvalue weighted by Crippen LogP contribution is -2.32. The summed E-state index contributed by atoms with van der Waals surface area (Å²) in [4.78, 5) is 10.7. The molecule has 0 unspecified atom stereocenters. The normalized spacial score (nSPS) is 13.4. The molecule has 0 aliphatic carbocycles. The molecule has 0 bridgehead atoms. The zero-order valence-electron chi connectivity index (χ0n) is 9.43. The van der Waals surface area contributed by atoms with Crippen LogP contribution in [-0.4, -0.2) is 26.1 Å². The maximum atomic E-state index is 12.2. The van der Waals surface area contributed by atoms with Gasteiger partial charge in [-0.05, 0) is 31.2 Å². The van der Waals surface area contributed by atoms with E-state index in [-0.39, 0.29) is 5.69 Å². The fourth-order valence-electron chi connectivity index (χ4n) is 1.09. The second-order valence-corrected chi connectivity index (χ2v) is 5.53. The van der Waals surface area contributed by atoms with Gasteiger partial charge < -0.3 is 11.1 Å². The number of halogens is 2. The number of sulfone groups is 1. The van der Waals surface area contributed by atoms with Gasteiger partial charge in [-0.15, -0.1) is 0 Å². The zero-order chi connectivity index (χ0) is 13.9. The van der Waals surface area contributed by atoms with Crippen molar-refractivity contribution in [2.24, 2.45) is 5.73 Å². The van der Waals surface area contributed by atoms with Gasteiger partial charge in [-0.2, -0.15) is 8.78 Å². The van der Waals surface area contributed by atoms with E-state index in [1.54, 1.807) is 0 Å². The molecule has 100 valence electrons. The summed E-state index contributed by atoms with van der Waals surface area (Å²) in [6.07, 6.45) is 0. The number of carbonyl (C=O) groups excluding carboxylic acids is 1. The van der Waals surface area contributed by atoms with E-state index in [4.69, 9.17) is 5.73 Å². The fourth-order valence-corrected chi connectivity index (χ4v) is 1.81. The number of alkyl halides is 2. The summed E-state index contributed by atoms with van der Waals surface area (Å²) in [5.41, 5.74) is 5.60. The Morgan fingerprint density at radius 2 is 1.78 bits per heavy atom. The van der Waals surface area contributed by atoms with Gasteiger partial charge in [0.2, 0.25) is 15.7 Å². The van der Waals surface area contributed by atoms with Crippen LogP contribution in [0.3, 0.4) is 0 Å². The predicted octanol–water partition coefficient (Wildman–Crippen LogP) is 0.969. The Balaban J connectivity index is 2.91. The molecular weight excluding hydrogens is 266 g/mol. The van der Waals surface area contributed by atoms with Crippen LogP contribution in [0.25, 0.3) is 0 Å². The highest BCUT2D eigenvalue weighted by Gasteiger charge is 2.26. The highest BCUT2D eigenvalue weighted by Crippen LogP contribution is 2.20. The van der Waals surface area contributed by atoms with Gasteiger partial charge in [-0.1, -0.05) is 0 Å². The van der Waals surface area contributed by atoms with E-state index < -0.39 is 32.4 Å². The van der Waals surface area contributed by atoms with E-state index in [1.807, 2.05) is 0 Å². The molecule has 0 aliphatic heterocycles. The van der Waals surface area contributed by atoms with Crippen LogP contribution >= 0.6 is 0 Å². The van der Waals surface area contributed by atoms with E-state index in [9.17, 15) is 22.0 Å². The Kier molecular flexibility index (Phi) is 4.36. The van der Waals surface area contributed by atoms with Crippen molar-refractivity contribution < 1.29 is 22.0 Å². The van der Waals surface area contributed by atoms with Gasteiger partial charge in [0.25, 0.3) is 0 Å². The SMILES string of the molecule is C[C@H](N)C(=O)Nc1ccc(S(=O)(=O)C(F)F)cc1. The molecule has 1 aromatic rings. The first-order chi connectivity index (χ1) is 8.25. The second-order valence-electron chi connectivity index (χ2n) is 3.61. The molecule has 0 aliphatic rings. The van der Waals surface area contributed by atoms with Crippen LogP contribution in [0.2, 0.25) is 0 Å². The van der Waals surface area contributed by atoms with Gasteiger partial charge in [0.1, 0.15) is 0 Å². The molecule has 0 fully saturated rings. The van der Waals surface area contributed by atoms with Crippen LogP contribution in [0, 0.1) is 0 Å². The highest BCUT2D eigenvalue weighted by molar-refractivity contribution is 7.91. The number of hydrogen-bond donors (Lipinski definition) is 2. The van der Waals surface area contributed by atoms with E-state index in [0.717, 1.165) is 12.1 Å². The summed E-state index contributed by atoms with van der Waals surface area (Å²) in [5.74, 6) is -3.93. The van der Waals surface area contributed by atoms with Crippen molar-refractivity contribution in [3.63, 3.8) is 0 Å². The molecule has 8 heteroatoms. The minimum Gasteiger partial charge on any atom is -0.325 e. The number of rotatable bonds is 4. The molecule has 1 rings (SSSR count). The standard InChI is InChI=1S/C10H12F2N2O3S/c1-6(13)9(15)14-7-2-4-8(5-3-7)18(16,17)10(11)12/h2-6,10H,13H2,1H3,(H,14,15)/t6-/m0/s1. The van der Waals surface area contributed by atoms with Crippen molar-refractivity contribution in [1.82, 2.24) is 0 Å². The van der Waals surface area contributed by atoms with Crippen LogP contribution in [0.15, 0.2) is 29.2 Å². The molecule has 0 saturated heterocycles. The summed E-state index contributed by atoms with van der Waals surface area (Å²) in [6.45, 7) is 1.48. The summed E-state index contributed by atoms with van der Waals surface area (Å²) in [6, 6.07) is 3.70. The van der Waals surface area contributed by atoms with Crippen LogP contribution in [0.5, 0.6) is 0 Å². The minimum absolute atomic E-state index is 0.283. The third-order valence-corrected chi connectivity index (χ3v) is 3.50. The van der Waals surface area contributed by atoms with Gasteiger partial charge >= 0.3 is 5.76 Å². The van der Waals surface area contributed by atoms with Crippen LogP contribution < -0.4 is 11.1 Å². The number of benzene rings is 1. The van der Waals surface area contributed by atoms with E-state index in [1.165, 1.54) is 19.1 Å². The molecule has 0 heterocycles. The minimum atomic E-state index is -4.61. The molecule has 0 spiro atoms. The van der Waals surface area contributed by atoms with E-state index >= 15 is 0 Å². The molecule has 0 saturated carbocycles. The molecule has 3 N–H and O–H groups in total. The summed E-state index contributed by atoms with van der Waals surface area (Å²) in [7, 11) is -4.61. The maximum Gasteiger partial charge on any atom is 0.341 e. The smallest absolute Gasteiger partial charge is 0.325 e. The van der Waals surface area contributed by atoms with Crippen molar-refractivity contribution in [3.05, 3.63) is 24.3 Å². The Bertz CT molecular complexity index is 527. The average Bonchev–Trinajstić information content (AvgIpc) is 2.29. The van der Waals surface area contributed by atoms with Crippen molar-refractivity contribution in [1.29, 1.82) is 0 Å². The number of anilines is 1. The highest BCUT2D eigenvalue weighted by atomic mass is 32.2. The molecule has 1 aromatic carbocycles. The van der Waals surface area contributed by atoms with Gasteiger partial charge in [0.05, 0.1) is 10.9 Å². The molecule has 1 atom stereocenters. The monoisotopic (exact) mass is 278 g/mol. The summed E-state index contributed by atoms with van der Waals surface area (Å²) < 4.78 is 46.7. The van der Waals surface area contributed by atoms with Gasteiger partial charge in [0, 0.05) is 5.69 Å². The molecule has 5 nitrogen and oxygen atoms in total. The van der Waals surface area contributed by atoms with Crippen LogP contribution in [0.4, 0.5) is 14.5 Å². The molecule has 0 aromatic heterocycles. The third-order valence-electron chi connectivity index (χ3n) is 2.10. The first kappa shape index (κ1) is 14.5. The van der Waals surface area contributed by atoms with E-state index in [0.29, 0.717) is 0 Å². The lowest BCUT2D eigenvalue weighted by Gasteiger charge is -2.08. The Labute approximate surface area is 103 Å². The number of hydrogen-bond acceptors (Lipinski definition) is 4. The summed E-state index contributed by atoms with van der Waals surface area (Å²) >= 11 is 0. The van der Waals surface area contributed by atoms with Crippen molar-refractivity contribution in [3.8, 4) is 0 Å². The number of carbonyl (C=O) groups is 1. The molecule has 18 heavy (non-hydrogen) atoms. The number of nitrogens with two attached hydrogens (primary N) is 1. The average molecular weight is 278 g/mol. The van der Waals surface area contributed by atoms with Crippen LogP contribution in [0.1, 0.15) is 6.92 Å². The quantitative estimate of drug-likeness (QED) is 0.858. The first-order valence-electron chi connectivity index (χ1n) is 4.93. The lowest BCUT2D eigenvalue weighted by molar-refractivity contribution is -0.117.